The van der Waals surface area contributed by atoms with Crippen LogP contribution in [0.15, 0.2) is 40.6 Å². The topological polar surface area (TPSA) is 55.2 Å². The minimum absolute atomic E-state index is 0.0599. The van der Waals surface area contributed by atoms with Gasteiger partial charge in [-0.15, -0.1) is 11.3 Å². The van der Waals surface area contributed by atoms with E-state index in [0.717, 1.165) is 9.71 Å². The average Bonchev–Trinajstić information content (AvgIpc) is 3.15. The summed E-state index contributed by atoms with van der Waals surface area (Å²) >= 11 is 2.84. The first-order valence-electron chi connectivity index (χ1n) is 6.82. The lowest BCUT2D eigenvalue weighted by Crippen LogP contribution is -2.34. The molecule has 0 N–H and O–H groups in total. The van der Waals surface area contributed by atoms with E-state index in [1.165, 1.54) is 26.8 Å². The molecular weight excluding hydrogens is 318 g/mol. The summed E-state index contributed by atoms with van der Waals surface area (Å²) in [6.45, 7) is 1.99. The van der Waals surface area contributed by atoms with Crippen molar-refractivity contribution in [1.82, 2.24) is 13.8 Å². The zero-order valence-corrected chi connectivity index (χ0v) is 13.9. The number of amides is 1. The Morgan fingerprint density at radius 2 is 2.18 bits per heavy atom. The SMILES string of the molecule is CC(c1nccs1)N(C)C(=O)Cn1sc2ccccc2c1=O. The molecule has 0 aliphatic carbocycles. The molecule has 3 rings (SSSR count). The maximum Gasteiger partial charge on any atom is 0.268 e. The van der Waals surface area contributed by atoms with Crippen molar-refractivity contribution in [2.75, 3.05) is 7.05 Å². The van der Waals surface area contributed by atoms with Crippen molar-refractivity contribution in [3.63, 3.8) is 0 Å². The highest BCUT2D eigenvalue weighted by Crippen LogP contribution is 2.21. The second kappa shape index (κ2) is 6.02. The third-order valence-electron chi connectivity index (χ3n) is 3.61. The van der Waals surface area contributed by atoms with Gasteiger partial charge in [0.05, 0.1) is 16.1 Å². The number of hydrogen-bond acceptors (Lipinski definition) is 5. The summed E-state index contributed by atoms with van der Waals surface area (Å²) in [5.74, 6) is -0.101. The van der Waals surface area contributed by atoms with E-state index >= 15 is 0 Å². The molecule has 0 saturated carbocycles. The number of hydrogen-bond donors (Lipinski definition) is 0. The van der Waals surface area contributed by atoms with Crippen LogP contribution in [0.1, 0.15) is 18.0 Å². The number of benzene rings is 1. The summed E-state index contributed by atoms with van der Waals surface area (Å²) in [4.78, 5) is 30.6. The van der Waals surface area contributed by atoms with Crippen LogP contribution in [-0.4, -0.2) is 26.8 Å². The van der Waals surface area contributed by atoms with Gasteiger partial charge in [-0.1, -0.05) is 23.7 Å². The number of fused-ring (bicyclic) bond motifs is 1. The van der Waals surface area contributed by atoms with Crippen molar-refractivity contribution in [2.45, 2.75) is 19.5 Å². The van der Waals surface area contributed by atoms with Gasteiger partial charge in [0.15, 0.2) is 0 Å². The van der Waals surface area contributed by atoms with E-state index in [9.17, 15) is 9.59 Å². The molecule has 0 fully saturated rings. The van der Waals surface area contributed by atoms with Gasteiger partial charge in [0.1, 0.15) is 11.6 Å². The first kappa shape index (κ1) is 14.9. The largest absolute Gasteiger partial charge is 0.335 e. The van der Waals surface area contributed by atoms with Crippen LogP contribution in [0.2, 0.25) is 0 Å². The highest BCUT2D eigenvalue weighted by Gasteiger charge is 2.20. The molecule has 1 amide bonds. The van der Waals surface area contributed by atoms with Crippen molar-refractivity contribution in [2.24, 2.45) is 0 Å². The van der Waals surface area contributed by atoms with Crippen LogP contribution in [-0.2, 0) is 11.3 Å². The summed E-state index contributed by atoms with van der Waals surface area (Å²) in [6, 6.07) is 7.31. The summed E-state index contributed by atoms with van der Waals surface area (Å²) in [6.07, 6.45) is 1.73. The lowest BCUT2D eigenvalue weighted by molar-refractivity contribution is -0.132. The van der Waals surface area contributed by atoms with Gasteiger partial charge in [-0.3, -0.25) is 13.5 Å². The van der Waals surface area contributed by atoms with E-state index in [2.05, 4.69) is 4.98 Å². The second-order valence-electron chi connectivity index (χ2n) is 4.98. The Labute approximate surface area is 135 Å². The highest BCUT2D eigenvalue weighted by molar-refractivity contribution is 7.13. The van der Waals surface area contributed by atoms with Gasteiger partial charge in [-0.2, -0.15) is 0 Å². The fourth-order valence-electron chi connectivity index (χ4n) is 2.18. The van der Waals surface area contributed by atoms with Crippen molar-refractivity contribution in [1.29, 1.82) is 0 Å². The van der Waals surface area contributed by atoms with E-state index < -0.39 is 0 Å². The molecule has 22 heavy (non-hydrogen) atoms. The maximum absolute atomic E-state index is 12.4. The number of nitrogens with zero attached hydrogens (tertiary/aromatic N) is 3. The molecule has 0 bridgehead atoms. The standard InChI is InChI=1S/C15H15N3O2S2/c1-10(14-16-7-8-21-14)17(2)13(19)9-18-15(20)11-5-3-4-6-12(11)22-18/h3-8,10H,9H2,1-2H3. The Morgan fingerprint density at radius 1 is 1.41 bits per heavy atom. The quantitative estimate of drug-likeness (QED) is 0.738. The fraction of sp³-hybridized carbons (Fsp3) is 0.267. The predicted octanol–water partition coefficient (Wildman–Crippen LogP) is 2.74. The van der Waals surface area contributed by atoms with Crippen molar-refractivity contribution < 1.29 is 4.79 Å². The Morgan fingerprint density at radius 3 is 2.86 bits per heavy atom. The Balaban J connectivity index is 1.81. The van der Waals surface area contributed by atoms with Crippen LogP contribution in [0.25, 0.3) is 10.1 Å². The molecule has 1 aromatic carbocycles. The molecule has 0 aliphatic heterocycles. The fourth-order valence-corrected chi connectivity index (χ4v) is 3.90. The van der Waals surface area contributed by atoms with E-state index in [1.807, 2.05) is 30.5 Å². The minimum Gasteiger partial charge on any atom is -0.335 e. The molecule has 5 nitrogen and oxygen atoms in total. The molecular formula is C15H15N3O2S2. The van der Waals surface area contributed by atoms with Gasteiger partial charge < -0.3 is 4.90 Å². The van der Waals surface area contributed by atoms with Crippen LogP contribution in [0.4, 0.5) is 0 Å². The van der Waals surface area contributed by atoms with Crippen LogP contribution in [0.5, 0.6) is 0 Å². The zero-order chi connectivity index (χ0) is 15.7. The highest BCUT2D eigenvalue weighted by atomic mass is 32.1. The average molecular weight is 333 g/mol. The zero-order valence-electron chi connectivity index (χ0n) is 12.2. The van der Waals surface area contributed by atoms with Crippen LogP contribution in [0.3, 0.4) is 0 Å². The number of rotatable bonds is 4. The summed E-state index contributed by atoms with van der Waals surface area (Å²) < 4.78 is 2.41. The minimum atomic E-state index is -0.107. The molecule has 2 heterocycles. The number of likely N-dealkylation sites (N-methyl/N-ethyl adjacent to an activating group) is 1. The molecule has 2 aromatic heterocycles. The number of carbonyl (C=O) groups excluding carboxylic acids is 1. The molecule has 0 spiro atoms. The van der Waals surface area contributed by atoms with Gasteiger partial charge in [-0.05, 0) is 19.1 Å². The van der Waals surface area contributed by atoms with Gasteiger partial charge in [0.2, 0.25) is 5.91 Å². The maximum atomic E-state index is 12.4. The second-order valence-corrected chi connectivity index (χ2v) is 6.97. The van der Waals surface area contributed by atoms with Gasteiger partial charge in [-0.25, -0.2) is 4.98 Å². The van der Waals surface area contributed by atoms with Crippen LogP contribution < -0.4 is 5.56 Å². The van der Waals surface area contributed by atoms with Crippen LogP contribution in [0, 0.1) is 0 Å². The number of aromatic nitrogens is 2. The molecule has 0 saturated heterocycles. The monoisotopic (exact) mass is 333 g/mol. The van der Waals surface area contributed by atoms with Gasteiger partial charge in [0, 0.05) is 18.6 Å². The third-order valence-corrected chi connectivity index (χ3v) is 5.63. The molecule has 0 radical (unpaired) electrons. The Hall–Kier alpha value is -1.99. The summed E-state index contributed by atoms with van der Waals surface area (Å²) in [5.41, 5.74) is -0.107. The van der Waals surface area contributed by atoms with Gasteiger partial charge in [0.25, 0.3) is 5.56 Å². The van der Waals surface area contributed by atoms with E-state index in [0.29, 0.717) is 5.39 Å². The predicted molar refractivity (Wildman–Crippen MR) is 89.4 cm³/mol. The summed E-state index contributed by atoms with van der Waals surface area (Å²) in [5, 5.41) is 3.44. The first-order chi connectivity index (χ1) is 10.6. The molecule has 0 aliphatic rings. The van der Waals surface area contributed by atoms with Crippen LogP contribution >= 0.6 is 22.9 Å². The molecule has 1 atom stereocenters. The third kappa shape index (κ3) is 2.69. The summed E-state index contributed by atoms with van der Waals surface area (Å²) in [7, 11) is 1.74. The van der Waals surface area contributed by atoms with E-state index in [1.54, 1.807) is 24.2 Å². The lowest BCUT2D eigenvalue weighted by atomic mass is 10.3. The number of thiazole rings is 1. The van der Waals surface area contributed by atoms with Crippen molar-refractivity contribution >= 4 is 38.9 Å². The van der Waals surface area contributed by atoms with E-state index in [-0.39, 0.29) is 24.1 Å². The Bertz CT molecular complexity index is 851. The lowest BCUT2D eigenvalue weighted by Gasteiger charge is -2.23. The molecule has 1 unspecified atom stereocenters. The molecule has 7 heteroatoms. The van der Waals surface area contributed by atoms with Crippen molar-refractivity contribution in [3.05, 3.63) is 51.2 Å². The van der Waals surface area contributed by atoms with E-state index in [4.69, 9.17) is 0 Å². The first-order valence-corrected chi connectivity index (χ1v) is 8.47. The molecule has 114 valence electrons. The molecule has 3 aromatic rings. The Kier molecular flexibility index (Phi) is 4.08. The normalized spacial score (nSPS) is 12.5. The number of carbonyl (C=O) groups is 1. The van der Waals surface area contributed by atoms with Gasteiger partial charge >= 0.3 is 0 Å². The van der Waals surface area contributed by atoms with Crippen molar-refractivity contribution in [3.8, 4) is 0 Å². The smallest absolute Gasteiger partial charge is 0.268 e.